The molecular formula is C30H30N2O. The fourth-order valence-corrected chi connectivity index (χ4v) is 3.95. The summed E-state index contributed by atoms with van der Waals surface area (Å²) in [7, 11) is 0. The molecule has 0 saturated heterocycles. The van der Waals surface area contributed by atoms with Gasteiger partial charge in [0.2, 0.25) is 0 Å². The van der Waals surface area contributed by atoms with Crippen LogP contribution in [0.1, 0.15) is 28.5 Å². The van der Waals surface area contributed by atoms with Crippen LogP contribution in [-0.2, 0) is 19.5 Å². The van der Waals surface area contributed by atoms with Crippen molar-refractivity contribution in [2.75, 3.05) is 0 Å². The minimum absolute atomic E-state index is 0.0196. The van der Waals surface area contributed by atoms with E-state index in [4.69, 9.17) is 0 Å². The molecule has 0 bridgehead atoms. The van der Waals surface area contributed by atoms with Crippen LogP contribution < -0.4 is 0 Å². The van der Waals surface area contributed by atoms with Gasteiger partial charge in [0.05, 0.1) is 0 Å². The predicted octanol–water partition coefficient (Wildman–Crippen LogP) is 6.06. The Morgan fingerprint density at radius 1 is 0.606 bits per heavy atom. The second kappa shape index (κ2) is 11.9. The van der Waals surface area contributed by atoms with E-state index in [1.807, 2.05) is 54.7 Å². The maximum Gasteiger partial charge on any atom is 0.170 e. The zero-order valence-corrected chi connectivity index (χ0v) is 18.7. The molecule has 3 heteroatoms. The van der Waals surface area contributed by atoms with Gasteiger partial charge in [0.1, 0.15) is 0 Å². The van der Waals surface area contributed by atoms with Crippen molar-refractivity contribution in [1.29, 1.82) is 0 Å². The number of aliphatic hydroxyl groups excluding tert-OH is 1. The summed E-state index contributed by atoms with van der Waals surface area (Å²) in [6.45, 7) is 1.58. The third-order valence-corrected chi connectivity index (χ3v) is 5.71. The quantitative estimate of drug-likeness (QED) is 0.308. The number of aliphatic imine (C=N–C) groups is 1. The summed E-state index contributed by atoms with van der Waals surface area (Å²) in [5, 5.41) is 10.7. The number of hydrogen-bond acceptors (Lipinski definition) is 3. The second-order valence-corrected chi connectivity index (χ2v) is 8.22. The van der Waals surface area contributed by atoms with Gasteiger partial charge in [-0.25, -0.2) is 0 Å². The summed E-state index contributed by atoms with van der Waals surface area (Å²) in [6.07, 6.45) is 1.86. The first kappa shape index (κ1) is 22.7. The van der Waals surface area contributed by atoms with Crippen molar-refractivity contribution in [3.63, 3.8) is 0 Å². The minimum atomic E-state index is -0.875. The van der Waals surface area contributed by atoms with Gasteiger partial charge in [-0.15, -0.1) is 0 Å². The number of aliphatic hydroxyl groups is 1. The van der Waals surface area contributed by atoms with Gasteiger partial charge in [0, 0.05) is 30.9 Å². The van der Waals surface area contributed by atoms with Crippen LogP contribution in [0, 0.1) is 0 Å². The van der Waals surface area contributed by atoms with Crippen LogP contribution in [0.2, 0.25) is 0 Å². The maximum absolute atomic E-state index is 10.7. The van der Waals surface area contributed by atoms with Crippen LogP contribution in [-0.4, -0.2) is 22.3 Å². The molecule has 4 aromatic carbocycles. The highest BCUT2D eigenvalue weighted by Crippen LogP contribution is 2.18. The molecule has 0 amide bonds. The molecule has 0 spiro atoms. The molecule has 1 N–H and O–H groups in total. The van der Waals surface area contributed by atoms with E-state index in [1.54, 1.807) is 0 Å². The molecule has 0 aliphatic rings. The van der Waals surface area contributed by atoms with Crippen molar-refractivity contribution in [1.82, 2.24) is 4.90 Å². The van der Waals surface area contributed by atoms with Crippen molar-refractivity contribution < 1.29 is 5.11 Å². The highest BCUT2D eigenvalue weighted by molar-refractivity contribution is 5.65. The molecule has 0 aliphatic carbocycles. The lowest BCUT2D eigenvalue weighted by Gasteiger charge is -2.30. The summed E-state index contributed by atoms with van der Waals surface area (Å²) in [4.78, 5) is 7.01. The first-order chi connectivity index (χ1) is 16.3. The van der Waals surface area contributed by atoms with Gasteiger partial charge in [0.25, 0.3) is 0 Å². The molecule has 4 rings (SSSR count). The van der Waals surface area contributed by atoms with Crippen molar-refractivity contribution >= 4 is 6.21 Å². The molecule has 0 aromatic heterocycles. The van der Waals surface area contributed by atoms with E-state index in [-0.39, 0.29) is 6.04 Å². The first-order valence-electron chi connectivity index (χ1n) is 11.4. The molecule has 4 aromatic rings. The Kier molecular flexibility index (Phi) is 8.18. The predicted molar refractivity (Wildman–Crippen MR) is 136 cm³/mol. The van der Waals surface area contributed by atoms with Crippen LogP contribution in [0.25, 0.3) is 0 Å². The molecule has 3 nitrogen and oxygen atoms in total. The highest BCUT2D eigenvalue weighted by atomic mass is 16.3. The van der Waals surface area contributed by atoms with Crippen molar-refractivity contribution in [2.45, 2.75) is 31.8 Å². The van der Waals surface area contributed by atoms with E-state index < -0.39 is 6.23 Å². The Bertz CT molecular complexity index is 1060. The molecule has 2 atom stereocenters. The van der Waals surface area contributed by atoms with Crippen molar-refractivity contribution in [2.24, 2.45) is 4.99 Å². The van der Waals surface area contributed by atoms with Gasteiger partial charge in [0.15, 0.2) is 6.23 Å². The van der Waals surface area contributed by atoms with E-state index in [9.17, 15) is 5.11 Å². The maximum atomic E-state index is 10.7. The number of hydrogen-bond donors (Lipinski definition) is 1. The summed E-state index contributed by atoms with van der Waals surface area (Å²) in [5.41, 5.74) is 4.55. The van der Waals surface area contributed by atoms with E-state index in [1.165, 1.54) is 16.7 Å². The first-order valence-corrected chi connectivity index (χ1v) is 11.4. The lowest BCUT2D eigenvalue weighted by Crippen LogP contribution is -2.37. The molecule has 0 heterocycles. The average Bonchev–Trinajstić information content (AvgIpc) is 2.88. The normalized spacial score (nSPS) is 13.3. The van der Waals surface area contributed by atoms with Crippen LogP contribution in [0.4, 0.5) is 0 Å². The molecule has 33 heavy (non-hydrogen) atoms. The van der Waals surface area contributed by atoms with E-state index in [0.717, 1.165) is 25.1 Å². The van der Waals surface area contributed by atoms with Crippen LogP contribution >= 0.6 is 0 Å². The summed E-state index contributed by atoms with van der Waals surface area (Å²) in [6, 6.07) is 41.1. The Labute approximate surface area is 196 Å². The van der Waals surface area contributed by atoms with Gasteiger partial charge in [-0.05, 0) is 23.1 Å². The fraction of sp³-hybridized carbons (Fsp3) is 0.167. The van der Waals surface area contributed by atoms with E-state index in [2.05, 4.69) is 82.7 Å². The van der Waals surface area contributed by atoms with Gasteiger partial charge < -0.3 is 5.11 Å². The molecule has 0 aliphatic heterocycles. The van der Waals surface area contributed by atoms with Crippen LogP contribution in [0.5, 0.6) is 0 Å². The van der Waals surface area contributed by atoms with Crippen molar-refractivity contribution in [3.05, 3.63) is 144 Å². The van der Waals surface area contributed by atoms with Crippen molar-refractivity contribution in [3.8, 4) is 0 Å². The van der Waals surface area contributed by atoms with Crippen LogP contribution in [0.3, 0.4) is 0 Å². The lowest BCUT2D eigenvalue weighted by molar-refractivity contribution is 0.185. The minimum Gasteiger partial charge on any atom is -0.368 e. The Morgan fingerprint density at radius 3 is 1.52 bits per heavy atom. The Morgan fingerprint density at radius 2 is 1.03 bits per heavy atom. The molecule has 0 saturated carbocycles. The highest BCUT2D eigenvalue weighted by Gasteiger charge is 2.19. The molecule has 166 valence electrons. The third-order valence-electron chi connectivity index (χ3n) is 5.71. The largest absolute Gasteiger partial charge is 0.368 e. The topological polar surface area (TPSA) is 35.8 Å². The van der Waals surface area contributed by atoms with E-state index in [0.29, 0.717) is 0 Å². The zero-order chi connectivity index (χ0) is 22.7. The van der Waals surface area contributed by atoms with Crippen LogP contribution in [0.15, 0.2) is 126 Å². The van der Waals surface area contributed by atoms with Gasteiger partial charge >= 0.3 is 0 Å². The third kappa shape index (κ3) is 6.98. The Balaban J connectivity index is 1.64. The summed E-state index contributed by atoms with van der Waals surface area (Å²) >= 11 is 0. The summed E-state index contributed by atoms with van der Waals surface area (Å²) in [5.74, 6) is 0. The monoisotopic (exact) mass is 434 g/mol. The standard InChI is InChI=1S/C30H30N2O/c33-30(28-19-11-4-12-20-28)31-22-29(21-25-13-5-1-6-14-25)32(23-26-15-7-2-8-16-26)24-27-17-9-3-10-18-27/h1-20,22,29-30,33H,21,23-24H2/t29-,30?/m0/s1. The average molecular weight is 435 g/mol. The number of benzene rings is 4. The number of rotatable bonds is 10. The summed E-state index contributed by atoms with van der Waals surface area (Å²) < 4.78 is 0. The molecule has 1 unspecified atom stereocenters. The van der Waals surface area contributed by atoms with Gasteiger partial charge in [-0.1, -0.05) is 121 Å². The smallest absolute Gasteiger partial charge is 0.170 e. The lowest BCUT2D eigenvalue weighted by atomic mass is 10.0. The fourth-order valence-electron chi connectivity index (χ4n) is 3.95. The number of nitrogens with zero attached hydrogens (tertiary/aromatic N) is 2. The zero-order valence-electron chi connectivity index (χ0n) is 18.7. The molecular weight excluding hydrogens is 404 g/mol. The second-order valence-electron chi connectivity index (χ2n) is 8.22. The molecule has 0 radical (unpaired) electrons. The molecule has 0 fully saturated rings. The van der Waals surface area contributed by atoms with Gasteiger partial charge in [-0.3, -0.25) is 9.89 Å². The van der Waals surface area contributed by atoms with Gasteiger partial charge in [-0.2, -0.15) is 0 Å². The van der Waals surface area contributed by atoms with E-state index >= 15 is 0 Å². The SMILES string of the molecule is OC(N=C[C@H](Cc1ccccc1)N(Cc1ccccc1)Cc1ccccc1)c1ccccc1. The Hall–Kier alpha value is -3.53.